The molecule has 0 spiro atoms. The summed E-state index contributed by atoms with van der Waals surface area (Å²) in [5, 5.41) is 9.03. The number of hydrogen-bond donors (Lipinski definition) is 3. The summed E-state index contributed by atoms with van der Waals surface area (Å²) < 4.78 is 5.43. The molecule has 0 aliphatic rings. The SMILES string of the molecule is CC(C)[C@H](NC(=S)[C@H](Cc1ccccc1)NC(=O)OC(C)(C)C)C(=O)NCc1ccccc1. The Morgan fingerprint density at radius 2 is 1.45 bits per heavy atom. The van der Waals surface area contributed by atoms with Crippen LogP contribution in [-0.4, -0.2) is 34.7 Å². The zero-order valence-electron chi connectivity index (χ0n) is 20.1. The van der Waals surface area contributed by atoms with Gasteiger partial charge in [-0.1, -0.05) is 86.7 Å². The third kappa shape index (κ3) is 9.61. The Labute approximate surface area is 202 Å². The van der Waals surface area contributed by atoms with E-state index in [0.717, 1.165) is 11.1 Å². The van der Waals surface area contributed by atoms with Crippen LogP contribution in [0.1, 0.15) is 45.7 Å². The van der Waals surface area contributed by atoms with E-state index in [1.807, 2.05) is 74.5 Å². The molecular formula is C26H35N3O3S. The van der Waals surface area contributed by atoms with E-state index >= 15 is 0 Å². The first kappa shape index (κ1) is 26.3. The molecule has 2 aromatic carbocycles. The summed E-state index contributed by atoms with van der Waals surface area (Å²) in [7, 11) is 0. The van der Waals surface area contributed by atoms with Gasteiger partial charge in [-0.3, -0.25) is 4.79 Å². The van der Waals surface area contributed by atoms with E-state index in [9.17, 15) is 9.59 Å². The molecule has 0 bridgehead atoms. The van der Waals surface area contributed by atoms with Gasteiger partial charge in [0.1, 0.15) is 11.6 Å². The minimum atomic E-state index is -0.631. The monoisotopic (exact) mass is 469 g/mol. The van der Waals surface area contributed by atoms with Gasteiger partial charge >= 0.3 is 6.09 Å². The Hall–Kier alpha value is -2.93. The molecular weight excluding hydrogens is 434 g/mol. The fraction of sp³-hybridized carbons (Fsp3) is 0.423. The van der Waals surface area contributed by atoms with Crippen molar-refractivity contribution in [2.24, 2.45) is 5.92 Å². The predicted octanol–water partition coefficient (Wildman–Crippen LogP) is 4.38. The van der Waals surface area contributed by atoms with Gasteiger partial charge in [0.05, 0.1) is 11.0 Å². The lowest BCUT2D eigenvalue weighted by Gasteiger charge is -2.28. The van der Waals surface area contributed by atoms with Crippen LogP contribution < -0.4 is 16.0 Å². The maximum Gasteiger partial charge on any atom is 0.408 e. The van der Waals surface area contributed by atoms with Crippen LogP contribution in [0.25, 0.3) is 0 Å². The van der Waals surface area contributed by atoms with Gasteiger partial charge < -0.3 is 20.7 Å². The second-order valence-corrected chi connectivity index (χ2v) is 9.76. The number of hydrogen-bond acceptors (Lipinski definition) is 4. The molecule has 0 unspecified atom stereocenters. The molecule has 0 aromatic heterocycles. The van der Waals surface area contributed by atoms with Crippen LogP contribution in [-0.2, 0) is 22.5 Å². The molecule has 6 nitrogen and oxygen atoms in total. The Balaban J connectivity index is 2.10. The zero-order valence-corrected chi connectivity index (χ0v) is 20.9. The molecule has 7 heteroatoms. The van der Waals surface area contributed by atoms with Crippen molar-refractivity contribution in [3.63, 3.8) is 0 Å². The van der Waals surface area contributed by atoms with E-state index in [1.165, 1.54) is 0 Å². The number of alkyl carbamates (subject to hydrolysis) is 1. The number of carbonyl (C=O) groups is 2. The van der Waals surface area contributed by atoms with Gasteiger partial charge in [-0.2, -0.15) is 0 Å². The summed E-state index contributed by atoms with van der Waals surface area (Å²) in [5.74, 6) is -0.162. The van der Waals surface area contributed by atoms with E-state index in [1.54, 1.807) is 20.8 Å². The van der Waals surface area contributed by atoms with Crippen molar-refractivity contribution in [1.29, 1.82) is 0 Å². The van der Waals surface area contributed by atoms with Gasteiger partial charge in [0.25, 0.3) is 0 Å². The largest absolute Gasteiger partial charge is 0.444 e. The second kappa shape index (κ2) is 12.3. The molecule has 2 amide bonds. The van der Waals surface area contributed by atoms with Crippen molar-refractivity contribution in [1.82, 2.24) is 16.0 Å². The summed E-state index contributed by atoms with van der Waals surface area (Å²) in [6, 6.07) is 18.4. The van der Waals surface area contributed by atoms with E-state index in [4.69, 9.17) is 17.0 Å². The van der Waals surface area contributed by atoms with Crippen molar-refractivity contribution in [2.45, 2.75) is 65.3 Å². The fourth-order valence-electron chi connectivity index (χ4n) is 3.19. The number of ether oxygens (including phenoxy) is 1. The molecule has 0 fully saturated rings. The number of thiocarbonyl (C=S) groups is 1. The molecule has 2 aromatic rings. The topological polar surface area (TPSA) is 79.5 Å². The van der Waals surface area contributed by atoms with Crippen LogP contribution >= 0.6 is 12.2 Å². The number of amides is 2. The first-order valence-corrected chi connectivity index (χ1v) is 11.6. The predicted molar refractivity (Wildman–Crippen MR) is 136 cm³/mol. The molecule has 3 N–H and O–H groups in total. The maximum absolute atomic E-state index is 12.9. The van der Waals surface area contributed by atoms with Crippen molar-refractivity contribution in [2.75, 3.05) is 0 Å². The highest BCUT2D eigenvalue weighted by Gasteiger charge is 2.28. The van der Waals surface area contributed by atoms with Crippen LogP contribution in [0.5, 0.6) is 0 Å². The van der Waals surface area contributed by atoms with Crippen LogP contribution in [0.4, 0.5) is 4.79 Å². The zero-order chi connectivity index (χ0) is 24.4. The van der Waals surface area contributed by atoms with E-state index in [2.05, 4.69) is 16.0 Å². The van der Waals surface area contributed by atoms with E-state index < -0.39 is 23.8 Å². The average molecular weight is 470 g/mol. The highest BCUT2D eigenvalue weighted by Crippen LogP contribution is 2.11. The Morgan fingerprint density at radius 1 is 0.909 bits per heavy atom. The highest BCUT2D eigenvalue weighted by molar-refractivity contribution is 7.80. The molecule has 0 heterocycles. The van der Waals surface area contributed by atoms with Crippen molar-refractivity contribution in [3.8, 4) is 0 Å². The smallest absolute Gasteiger partial charge is 0.408 e. The lowest BCUT2D eigenvalue weighted by atomic mass is 10.0. The van der Waals surface area contributed by atoms with Gasteiger partial charge in [0.2, 0.25) is 5.91 Å². The Morgan fingerprint density at radius 3 is 1.97 bits per heavy atom. The number of rotatable bonds is 9. The molecule has 178 valence electrons. The van der Waals surface area contributed by atoms with Gasteiger partial charge in [0.15, 0.2) is 0 Å². The molecule has 0 radical (unpaired) electrons. The quantitative estimate of drug-likeness (QED) is 0.475. The maximum atomic E-state index is 12.9. The summed E-state index contributed by atoms with van der Waals surface area (Å²) in [6.07, 6.45) is -0.0789. The van der Waals surface area contributed by atoms with Crippen molar-refractivity contribution in [3.05, 3.63) is 71.8 Å². The van der Waals surface area contributed by atoms with Crippen LogP contribution in [0.3, 0.4) is 0 Å². The molecule has 0 aliphatic heterocycles. The first-order chi connectivity index (χ1) is 15.5. The minimum absolute atomic E-state index is 0.0161. The Bertz CT molecular complexity index is 911. The lowest BCUT2D eigenvalue weighted by Crippen LogP contribution is -2.55. The molecule has 0 saturated carbocycles. The van der Waals surface area contributed by atoms with Gasteiger partial charge in [-0.25, -0.2) is 4.79 Å². The standard InChI is InChI=1S/C26H35N3O3S/c1-18(2)22(23(30)27-17-20-14-10-7-11-15-20)29-24(33)21(16-19-12-8-6-9-13-19)28-25(31)32-26(3,4)5/h6-15,18,21-22H,16-17H2,1-5H3,(H,27,30)(H,28,31)(H,29,33)/t21-,22-/m0/s1. The first-order valence-electron chi connectivity index (χ1n) is 11.2. The highest BCUT2D eigenvalue weighted by atomic mass is 32.1. The normalized spacial score (nSPS) is 13.0. The summed E-state index contributed by atoms with van der Waals surface area (Å²) in [4.78, 5) is 25.8. The summed E-state index contributed by atoms with van der Waals surface area (Å²) in [6.45, 7) is 9.76. The van der Waals surface area contributed by atoms with E-state index in [0.29, 0.717) is 18.0 Å². The summed E-state index contributed by atoms with van der Waals surface area (Å²) >= 11 is 5.67. The molecule has 0 saturated heterocycles. The average Bonchev–Trinajstić information content (AvgIpc) is 2.75. The van der Waals surface area contributed by atoms with Crippen molar-refractivity contribution < 1.29 is 14.3 Å². The van der Waals surface area contributed by atoms with Crippen LogP contribution in [0.15, 0.2) is 60.7 Å². The third-order valence-electron chi connectivity index (χ3n) is 4.85. The van der Waals surface area contributed by atoms with Gasteiger partial charge in [-0.15, -0.1) is 0 Å². The molecule has 2 atom stereocenters. The van der Waals surface area contributed by atoms with Gasteiger partial charge in [0, 0.05) is 6.54 Å². The van der Waals surface area contributed by atoms with Crippen molar-refractivity contribution >= 4 is 29.2 Å². The number of carbonyl (C=O) groups excluding carboxylic acids is 2. The Kier molecular flexibility index (Phi) is 9.85. The van der Waals surface area contributed by atoms with Crippen LogP contribution in [0.2, 0.25) is 0 Å². The molecule has 33 heavy (non-hydrogen) atoms. The molecule has 0 aliphatic carbocycles. The van der Waals surface area contributed by atoms with E-state index in [-0.39, 0.29) is 11.8 Å². The van der Waals surface area contributed by atoms with Crippen LogP contribution in [0, 0.1) is 5.92 Å². The number of benzene rings is 2. The second-order valence-electron chi connectivity index (χ2n) is 9.32. The molecule has 2 rings (SSSR count). The third-order valence-corrected chi connectivity index (χ3v) is 5.25. The lowest BCUT2D eigenvalue weighted by molar-refractivity contribution is -0.123. The fourth-order valence-corrected chi connectivity index (χ4v) is 3.46. The number of nitrogens with one attached hydrogen (secondary N) is 3. The van der Waals surface area contributed by atoms with Gasteiger partial charge in [-0.05, 0) is 44.2 Å². The minimum Gasteiger partial charge on any atom is -0.444 e. The summed E-state index contributed by atoms with van der Waals surface area (Å²) in [5.41, 5.74) is 1.40.